The molecule has 0 radical (unpaired) electrons. The molecule has 0 unspecified atom stereocenters. The molecule has 0 spiro atoms. The maximum absolute atomic E-state index is 12.5. The topological polar surface area (TPSA) is 89.5 Å². The minimum atomic E-state index is -1.05. The normalized spacial score (nSPS) is 15.4. The summed E-state index contributed by atoms with van der Waals surface area (Å²) >= 11 is 6.50. The van der Waals surface area contributed by atoms with Crippen molar-refractivity contribution in [2.75, 3.05) is 13.1 Å². The van der Waals surface area contributed by atoms with Gasteiger partial charge in [-0.15, -0.1) is 0 Å². The van der Waals surface area contributed by atoms with Gasteiger partial charge in [0, 0.05) is 25.5 Å². The molecule has 1 aromatic carbocycles. The molecule has 27 heavy (non-hydrogen) atoms. The lowest BCUT2D eigenvalue weighted by molar-refractivity contribution is -0.305. The fourth-order valence-corrected chi connectivity index (χ4v) is 3.80. The van der Waals surface area contributed by atoms with Crippen molar-refractivity contribution in [3.8, 4) is 0 Å². The second-order valence-corrected chi connectivity index (χ2v) is 7.70. The number of hydrogen-bond donors (Lipinski definition) is 1. The van der Waals surface area contributed by atoms with Crippen LogP contribution in [-0.2, 0) is 14.4 Å². The zero-order chi connectivity index (χ0) is 19.6. The Kier molecular flexibility index (Phi) is 8.47. The van der Waals surface area contributed by atoms with Crippen LogP contribution >= 0.6 is 24.0 Å². The third kappa shape index (κ3) is 7.15. The third-order valence-corrected chi connectivity index (χ3v) is 5.29. The van der Waals surface area contributed by atoms with Gasteiger partial charge in [-0.25, -0.2) is 0 Å². The lowest BCUT2D eigenvalue weighted by Crippen LogP contribution is -2.33. The van der Waals surface area contributed by atoms with Crippen LogP contribution in [0.5, 0.6) is 0 Å². The standard InChI is InChI=1S/C19H22N2O4S2/c22-16(20-11-6-2-5-9-17(23)24)10-12-21-18(25)15(27-19(21)26)13-14-7-3-1-4-8-14/h1,3-4,7-8,13H,2,5-6,9-12H2,(H,20,22)(H,23,24)/p-1/b15-13+. The number of unbranched alkanes of at least 4 members (excludes halogenated alkanes) is 2. The first kappa shape index (κ1) is 21.1. The first-order valence-electron chi connectivity index (χ1n) is 8.74. The van der Waals surface area contributed by atoms with Crippen molar-refractivity contribution in [3.05, 3.63) is 40.8 Å². The number of carbonyl (C=O) groups excluding carboxylic acids is 3. The molecule has 1 fully saturated rings. The Morgan fingerprint density at radius 3 is 2.59 bits per heavy atom. The van der Waals surface area contributed by atoms with Crippen molar-refractivity contribution >= 4 is 52.2 Å². The minimum absolute atomic E-state index is 0.0406. The highest BCUT2D eigenvalue weighted by atomic mass is 32.2. The van der Waals surface area contributed by atoms with Crippen LogP contribution in [0.4, 0.5) is 0 Å². The second kappa shape index (κ2) is 10.8. The highest BCUT2D eigenvalue weighted by Gasteiger charge is 2.31. The SMILES string of the molecule is O=C([O-])CCCCCNC(=O)CCN1C(=O)/C(=C\c2ccccc2)SC1=S. The van der Waals surface area contributed by atoms with E-state index in [1.54, 1.807) is 6.08 Å². The van der Waals surface area contributed by atoms with E-state index in [4.69, 9.17) is 12.2 Å². The predicted molar refractivity (Wildman–Crippen MR) is 107 cm³/mol. The van der Waals surface area contributed by atoms with Crippen LogP contribution in [-0.4, -0.2) is 40.1 Å². The minimum Gasteiger partial charge on any atom is -0.550 e. The third-order valence-electron chi connectivity index (χ3n) is 3.91. The number of hydrogen-bond acceptors (Lipinski definition) is 6. The monoisotopic (exact) mass is 405 g/mol. The quantitative estimate of drug-likeness (QED) is 0.362. The highest BCUT2D eigenvalue weighted by molar-refractivity contribution is 8.26. The molecule has 144 valence electrons. The van der Waals surface area contributed by atoms with Crippen LogP contribution in [0.15, 0.2) is 35.2 Å². The van der Waals surface area contributed by atoms with E-state index in [1.165, 1.54) is 16.7 Å². The molecule has 0 aromatic heterocycles. The van der Waals surface area contributed by atoms with Crippen LogP contribution in [0.2, 0.25) is 0 Å². The van der Waals surface area contributed by atoms with Gasteiger partial charge in [0.2, 0.25) is 5.91 Å². The Morgan fingerprint density at radius 2 is 1.89 bits per heavy atom. The number of thiocarbonyl (C=S) groups is 1. The molecule has 1 aliphatic heterocycles. The van der Waals surface area contributed by atoms with Gasteiger partial charge in [0.25, 0.3) is 5.91 Å². The first-order valence-corrected chi connectivity index (χ1v) is 9.97. The number of carboxylic acids is 1. The van der Waals surface area contributed by atoms with Gasteiger partial charge < -0.3 is 15.2 Å². The van der Waals surface area contributed by atoms with Crippen molar-refractivity contribution in [3.63, 3.8) is 0 Å². The van der Waals surface area contributed by atoms with Gasteiger partial charge >= 0.3 is 0 Å². The van der Waals surface area contributed by atoms with Gasteiger partial charge in [-0.05, 0) is 30.9 Å². The van der Waals surface area contributed by atoms with E-state index in [9.17, 15) is 19.5 Å². The summed E-state index contributed by atoms with van der Waals surface area (Å²) in [7, 11) is 0. The Hall–Kier alpha value is -2.19. The van der Waals surface area contributed by atoms with Crippen molar-refractivity contribution in [2.24, 2.45) is 0 Å². The Morgan fingerprint density at radius 1 is 1.15 bits per heavy atom. The number of benzene rings is 1. The van der Waals surface area contributed by atoms with Crippen LogP contribution in [0.25, 0.3) is 6.08 Å². The molecule has 8 heteroatoms. The summed E-state index contributed by atoms with van der Waals surface area (Å²) < 4.78 is 0.456. The van der Waals surface area contributed by atoms with Crippen molar-refractivity contribution in [1.82, 2.24) is 10.2 Å². The number of aliphatic carboxylic acids is 1. The summed E-state index contributed by atoms with van der Waals surface area (Å²) in [5.74, 6) is -1.39. The van der Waals surface area contributed by atoms with Crippen molar-refractivity contribution < 1.29 is 19.5 Å². The zero-order valence-electron chi connectivity index (χ0n) is 14.8. The molecule has 6 nitrogen and oxygen atoms in total. The molecule has 0 aliphatic carbocycles. The second-order valence-electron chi connectivity index (χ2n) is 6.03. The molecule has 1 saturated heterocycles. The maximum atomic E-state index is 12.5. The summed E-state index contributed by atoms with van der Waals surface area (Å²) in [6.45, 7) is 0.728. The van der Waals surface area contributed by atoms with E-state index in [2.05, 4.69) is 5.32 Å². The van der Waals surface area contributed by atoms with E-state index < -0.39 is 5.97 Å². The fourth-order valence-electron chi connectivity index (χ4n) is 2.49. The number of carbonyl (C=O) groups is 3. The molecule has 1 heterocycles. The summed E-state index contributed by atoms with van der Waals surface area (Å²) in [6.07, 6.45) is 3.98. The first-order chi connectivity index (χ1) is 13.0. The molecule has 1 N–H and O–H groups in total. The number of thioether (sulfide) groups is 1. The molecule has 1 aromatic rings. The molecular weight excluding hydrogens is 384 g/mol. The van der Waals surface area contributed by atoms with Crippen LogP contribution in [0.3, 0.4) is 0 Å². The predicted octanol–water partition coefficient (Wildman–Crippen LogP) is 1.70. The molecule has 2 rings (SSSR count). The Balaban J connectivity index is 1.73. The van der Waals surface area contributed by atoms with Gasteiger partial charge in [0.05, 0.1) is 4.91 Å². The Bertz CT molecular complexity index is 734. The van der Waals surface area contributed by atoms with Gasteiger partial charge in [0.1, 0.15) is 4.32 Å². The van der Waals surface area contributed by atoms with Gasteiger partial charge in [-0.3, -0.25) is 14.5 Å². The summed E-state index contributed by atoms with van der Waals surface area (Å²) in [5.41, 5.74) is 0.925. The lowest BCUT2D eigenvalue weighted by atomic mass is 10.2. The van der Waals surface area contributed by atoms with E-state index in [0.717, 1.165) is 5.56 Å². The summed E-state index contributed by atoms with van der Waals surface area (Å²) in [6, 6.07) is 9.52. The average molecular weight is 406 g/mol. The van der Waals surface area contributed by atoms with Crippen LogP contribution < -0.4 is 10.4 Å². The van der Waals surface area contributed by atoms with Crippen LogP contribution in [0, 0.1) is 0 Å². The van der Waals surface area contributed by atoms with E-state index in [-0.39, 0.29) is 31.2 Å². The highest BCUT2D eigenvalue weighted by Crippen LogP contribution is 2.32. The zero-order valence-corrected chi connectivity index (χ0v) is 16.4. The smallest absolute Gasteiger partial charge is 0.266 e. The van der Waals surface area contributed by atoms with E-state index >= 15 is 0 Å². The molecule has 1 aliphatic rings. The maximum Gasteiger partial charge on any atom is 0.266 e. The molecular formula is C19H21N2O4S2-. The van der Waals surface area contributed by atoms with Gasteiger partial charge in [-0.1, -0.05) is 60.7 Å². The fraction of sp³-hybridized carbons (Fsp3) is 0.368. The summed E-state index contributed by atoms with van der Waals surface area (Å²) in [4.78, 5) is 36.7. The molecule has 2 amide bonds. The van der Waals surface area contributed by atoms with E-state index in [1.807, 2.05) is 30.3 Å². The molecule has 0 bridgehead atoms. The Labute approximate surface area is 168 Å². The molecule has 0 saturated carbocycles. The number of carboxylic acid groups (broad SMARTS) is 1. The number of nitrogens with one attached hydrogen (secondary N) is 1. The number of amides is 2. The largest absolute Gasteiger partial charge is 0.550 e. The molecule has 0 atom stereocenters. The van der Waals surface area contributed by atoms with Gasteiger partial charge in [0.15, 0.2) is 0 Å². The number of nitrogens with zero attached hydrogens (tertiary/aromatic N) is 1. The van der Waals surface area contributed by atoms with Crippen molar-refractivity contribution in [1.29, 1.82) is 0 Å². The van der Waals surface area contributed by atoms with Gasteiger partial charge in [-0.2, -0.15) is 0 Å². The summed E-state index contributed by atoms with van der Waals surface area (Å²) in [5, 5.41) is 13.1. The lowest BCUT2D eigenvalue weighted by Gasteiger charge is -2.14. The van der Waals surface area contributed by atoms with Crippen LogP contribution in [0.1, 0.15) is 37.7 Å². The van der Waals surface area contributed by atoms with Crippen molar-refractivity contribution in [2.45, 2.75) is 32.1 Å². The average Bonchev–Trinajstić information content (AvgIpc) is 2.90. The van der Waals surface area contributed by atoms with E-state index in [0.29, 0.717) is 35.0 Å². The number of rotatable bonds is 10.